The van der Waals surface area contributed by atoms with Crippen molar-refractivity contribution in [3.8, 4) is 12.3 Å². The highest BCUT2D eigenvalue weighted by Crippen LogP contribution is 2.33. The summed E-state index contributed by atoms with van der Waals surface area (Å²) in [5.41, 5.74) is 2.24. The lowest BCUT2D eigenvalue weighted by Crippen LogP contribution is -2.31. The van der Waals surface area contributed by atoms with Crippen LogP contribution in [0.2, 0.25) is 0 Å². The summed E-state index contributed by atoms with van der Waals surface area (Å²) in [7, 11) is 0. The van der Waals surface area contributed by atoms with Gasteiger partial charge >= 0.3 is 0 Å². The van der Waals surface area contributed by atoms with Crippen molar-refractivity contribution in [2.75, 3.05) is 6.54 Å². The van der Waals surface area contributed by atoms with Gasteiger partial charge in [0.05, 0.1) is 6.04 Å². The number of likely N-dealkylation sites (tertiary alicyclic amines) is 1. The van der Waals surface area contributed by atoms with E-state index < -0.39 is 0 Å². The number of amides is 1. The third kappa shape index (κ3) is 2.68. The lowest BCUT2D eigenvalue weighted by molar-refractivity contribution is -0.129. The number of nitrogens with zero attached hydrogens (tertiary/aromatic N) is 1. The van der Waals surface area contributed by atoms with E-state index >= 15 is 0 Å². The van der Waals surface area contributed by atoms with E-state index in [-0.39, 0.29) is 17.9 Å². The maximum atomic E-state index is 12.4. The van der Waals surface area contributed by atoms with Crippen molar-refractivity contribution < 1.29 is 4.79 Å². The zero-order valence-corrected chi connectivity index (χ0v) is 11.8. The smallest absolute Gasteiger partial charge is 0.224 e. The molecule has 0 aliphatic carbocycles. The van der Waals surface area contributed by atoms with Crippen molar-refractivity contribution in [1.82, 2.24) is 4.90 Å². The molecule has 2 heteroatoms. The van der Waals surface area contributed by atoms with Gasteiger partial charge in [-0.15, -0.1) is 12.3 Å². The predicted molar refractivity (Wildman–Crippen MR) is 83.4 cm³/mol. The fraction of sp³-hybridized carbons (Fsp3) is 0.211. The molecule has 1 saturated heterocycles. The molecule has 0 N–H and O–H groups in total. The highest BCUT2D eigenvalue weighted by atomic mass is 16.2. The van der Waals surface area contributed by atoms with Gasteiger partial charge in [0.1, 0.15) is 0 Å². The van der Waals surface area contributed by atoms with Crippen molar-refractivity contribution in [2.24, 2.45) is 5.92 Å². The minimum Gasteiger partial charge on any atom is -0.330 e. The van der Waals surface area contributed by atoms with Crippen LogP contribution in [0, 0.1) is 18.3 Å². The second kappa shape index (κ2) is 5.85. The van der Waals surface area contributed by atoms with Gasteiger partial charge in [-0.3, -0.25) is 4.79 Å². The number of terminal acetylenes is 1. The van der Waals surface area contributed by atoms with Gasteiger partial charge in [0, 0.05) is 18.9 Å². The highest BCUT2D eigenvalue weighted by molar-refractivity contribution is 5.80. The largest absolute Gasteiger partial charge is 0.330 e. The van der Waals surface area contributed by atoms with Crippen LogP contribution in [-0.4, -0.2) is 17.4 Å². The van der Waals surface area contributed by atoms with Crippen LogP contribution in [0.3, 0.4) is 0 Å². The second-order valence-corrected chi connectivity index (χ2v) is 5.34. The van der Waals surface area contributed by atoms with Crippen molar-refractivity contribution in [3.63, 3.8) is 0 Å². The summed E-state index contributed by atoms with van der Waals surface area (Å²) in [6.07, 6.45) is 5.96. The summed E-state index contributed by atoms with van der Waals surface area (Å²) in [5.74, 6) is 2.88. The molecule has 0 aromatic heterocycles. The van der Waals surface area contributed by atoms with Crippen LogP contribution in [0.1, 0.15) is 23.6 Å². The van der Waals surface area contributed by atoms with Crippen LogP contribution in [0.15, 0.2) is 60.7 Å². The van der Waals surface area contributed by atoms with E-state index in [0.29, 0.717) is 13.0 Å². The van der Waals surface area contributed by atoms with Gasteiger partial charge in [-0.25, -0.2) is 0 Å². The predicted octanol–water partition coefficient (Wildman–Crippen LogP) is 3.26. The van der Waals surface area contributed by atoms with Gasteiger partial charge in [-0.2, -0.15) is 0 Å². The second-order valence-electron chi connectivity index (χ2n) is 5.34. The Hall–Kier alpha value is -2.53. The number of carbonyl (C=O) groups is 1. The van der Waals surface area contributed by atoms with Crippen LogP contribution in [-0.2, 0) is 4.79 Å². The molecule has 1 aliphatic heterocycles. The monoisotopic (exact) mass is 275 g/mol. The zero-order chi connectivity index (χ0) is 14.7. The van der Waals surface area contributed by atoms with E-state index in [2.05, 4.69) is 30.2 Å². The normalized spacial score (nSPS) is 18.0. The van der Waals surface area contributed by atoms with Gasteiger partial charge in [-0.05, 0) is 11.1 Å². The van der Waals surface area contributed by atoms with Crippen molar-refractivity contribution >= 4 is 5.91 Å². The highest BCUT2D eigenvalue weighted by Gasteiger charge is 2.34. The standard InChI is InChI=1S/C19H17NO/c1-2-15-13-18(21)20(14-15)19(16-9-5-3-6-10-16)17-11-7-4-8-12-17/h1,3-12,15,19H,13-14H2. The molecule has 1 unspecified atom stereocenters. The van der Waals surface area contributed by atoms with E-state index in [0.717, 1.165) is 11.1 Å². The Bertz CT molecular complexity index is 617. The summed E-state index contributed by atoms with van der Waals surface area (Å²) < 4.78 is 0. The molecular weight excluding hydrogens is 258 g/mol. The number of benzene rings is 2. The first kappa shape index (κ1) is 13.5. The molecule has 0 radical (unpaired) electrons. The minimum atomic E-state index is -0.0572. The van der Waals surface area contributed by atoms with Gasteiger partial charge in [0.25, 0.3) is 0 Å². The molecule has 0 spiro atoms. The third-order valence-corrected chi connectivity index (χ3v) is 3.94. The number of hydrogen-bond acceptors (Lipinski definition) is 1. The van der Waals surface area contributed by atoms with Gasteiger partial charge in [0.2, 0.25) is 5.91 Å². The minimum absolute atomic E-state index is 0.0208. The van der Waals surface area contributed by atoms with Crippen molar-refractivity contribution in [1.29, 1.82) is 0 Å². The molecule has 21 heavy (non-hydrogen) atoms. The fourth-order valence-corrected chi connectivity index (χ4v) is 2.92. The summed E-state index contributed by atoms with van der Waals surface area (Å²) >= 11 is 0. The molecule has 0 bridgehead atoms. The SMILES string of the molecule is C#CC1CC(=O)N(C(c2ccccc2)c2ccccc2)C1. The van der Waals surface area contributed by atoms with Gasteiger partial charge in [-0.1, -0.05) is 60.7 Å². The molecule has 2 aromatic carbocycles. The Balaban J connectivity index is 2.02. The number of carbonyl (C=O) groups excluding carboxylic acids is 1. The Morgan fingerprint density at radius 1 is 1.00 bits per heavy atom. The molecule has 1 atom stereocenters. The lowest BCUT2D eigenvalue weighted by atomic mass is 9.97. The van der Waals surface area contributed by atoms with Crippen LogP contribution in [0.4, 0.5) is 0 Å². The Labute approximate surface area is 125 Å². The molecule has 1 fully saturated rings. The maximum absolute atomic E-state index is 12.4. The summed E-state index contributed by atoms with van der Waals surface area (Å²) in [6.45, 7) is 0.629. The van der Waals surface area contributed by atoms with Crippen molar-refractivity contribution in [3.05, 3.63) is 71.8 Å². The van der Waals surface area contributed by atoms with E-state index in [9.17, 15) is 4.79 Å². The first-order valence-electron chi connectivity index (χ1n) is 7.15. The van der Waals surface area contributed by atoms with Crippen LogP contribution in [0.5, 0.6) is 0 Å². The third-order valence-electron chi connectivity index (χ3n) is 3.94. The van der Waals surface area contributed by atoms with E-state index in [4.69, 9.17) is 6.42 Å². The summed E-state index contributed by atoms with van der Waals surface area (Å²) in [5, 5.41) is 0. The fourth-order valence-electron chi connectivity index (χ4n) is 2.92. The Kier molecular flexibility index (Phi) is 3.75. The quantitative estimate of drug-likeness (QED) is 0.787. The number of hydrogen-bond donors (Lipinski definition) is 0. The molecule has 1 aliphatic rings. The molecule has 3 rings (SSSR count). The molecule has 1 heterocycles. The van der Waals surface area contributed by atoms with Crippen molar-refractivity contribution in [2.45, 2.75) is 12.5 Å². The molecular formula is C19H17NO. The van der Waals surface area contributed by atoms with E-state index in [1.807, 2.05) is 41.3 Å². The first-order chi connectivity index (χ1) is 10.3. The van der Waals surface area contributed by atoms with Crippen LogP contribution >= 0.6 is 0 Å². The molecule has 1 amide bonds. The van der Waals surface area contributed by atoms with Crippen LogP contribution < -0.4 is 0 Å². The van der Waals surface area contributed by atoms with E-state index in [1.165, 1.54) is 0 Å². The molecule has 104 valence electrons. The zero-order valence-electron chi connectivity index (χ0n) is 11.8. The summed E-state index contributed by atoms with van der Waals surface area (Å²) in [4.78, 5) is 14.3. The first-order valence-corrected chi connectivity index (χ1v) is 7.15. The number of rotatable bonds is 3. The lowest BCUT2D eigenvalue weighted by Gasteiger charge is -2.29. The molecule has 2 aromatic rings. The maximum Gasteiger partial charge on any atom is 0.224 e. The summed E-state index contributed by atoms with van der Waals surface area (Å²) in [6, 6.07) is 20.2. The van der Waals surface area contributed by atoms with Crippen LogP contribution in [0.25, 0.3) is 0 Å². The molecule has 2 nitrogen and oxygen atoms in total. The topological polar surface area (TPSA) is 20.3 Å². The van der Waals surface area contributed by atoms with Gasteiger partial charge < -0.3 is 4.90 Å². The average molecular weight is 275 g/mol. The molecule has 0 saturated carbocycles. The average Bonchev–Trinajstić information content (AvgIpc) is 2.91. The Morgan fingerprint density at radius 3 is 1.95 bits per heavy atom. The Morgan fingerprint density at radius 2 is 1.52 bits per heavy atom. The van der Waals surface area contributed by atoms with Gasteiger partial charge in [0.15, 0.2) is 0 Å². The van der Waals surface area contributed by atoms with E-state index in [1.54, 1.807) is 0 Å².